The molecule has 0 bridgehead atoms. The molecule has 180 valence electrons. The van der Waals surface area contributed by atoms with Gasteiger partial charge in [0.15, 0.2) is 11.7 Å². The number of carbonyl (C=O) groups is 2. The highest BCUT2D eigenvalue weighted by Gasteiger charge is 2.25. The smallest absolute Gasteiger partial charge is 0.289 e. The first-order chi connectivity index (χ1) is 15.5. The minimum Gasteiger partial charge on any atom is -0.459 e. The summed E-state index contributed by atoms with van der Waals surface area (Å²) in [7, 11) is 0. The Morgan fingerprint density at radius 1 is 1.09 bits per heavy atom. The van der Waals surface area contributed by atoms with Crippen molar-refractivity contribution in [2.24, 2.45) is 10.9 Å². The van der Waals surface area contributed by atoms with Gasteiger partial charge in [-0.1, -0.05) is 26.0 Å². The monoisotopic (exact) mass is 567 g/mol. The number of rotatable bonds is 7. The lowest BCUT2D eigenvalue weighted by Gasteiger charge is -2.36. The number of anilines is 1. The molecule has 33 heavy (non-hydrogen) atoms. The molecule has 1 aromatic carbocycles. The molecule has 3 rings (SSSR count). The SMILES string of the molecule is CCNC(=NCc1cccc(NC(=O)CC(C)C)c1)N1CCN(C(=O)c2ccco2)CC1.I. The van der Waals surface area contributed by atoms with Gasteiger partial charge in [-0.2, -0.15) is 0 Å². The lowest BCUT2D eigenvalue weighted by atomic mass is 10.1. The van der Waals surface area contributed by atoms with Crippen LogP contribution in [0.25, 0.3) is 0 Å². The Hall–Kier alpha value is -2.56. The van der Waals surface area contributed by atoms with E-state index in [0.717, 1.165) is 23.8 Å². The van der Waals surface area contributed by atoms with E-state index in [2.05, 4.69) is 15.5 Å². The van der Waals surface area contributed by atoms with Gasteiger partial charge in [-0.25, -0.2) is 4.99 Å². The fourth-order valence-corrected chi connectivity index (χ4v) is 3.60. The molecule has 1 fully saturated rings. The molecule has 0 radical (unpaired) electrons. The number of nitrogens with zero attached hydrogens (tertiary/aromatic N) is 3. The molecular weight excluding hydrogens is 533 g/mol. The van der Waals surface area contributed by atoms with Crippen LogP contribution >= 0.6 is 24.0 Å². The van der Waals surface area contributed by atoms with Crippen LogP contribution in [0, 0.1) is 5.92 Å². The third-order valence-electron chi connectivity index (χ3n) is 5.15. The number of hydrogen-bond donors (Lipinski definition) is 2. The Morgan fingerprint density at radius 3 is 2.45 bits per heavy atom. The van der Waals surface area contributed by atoms with E-state index in [1.807, 2.05) is 49.9 Å². The zero-order chi connectivity index (χ0) is 22.9. The molecule has 2 amide bonds. The normalized spacial score (nSPS) is 14.1. The van der Waals surface area contributed by atoms with Gasteiger partial charge in [-0.05, 0) is 42.7 Å². The largest absolute Gasteiger partial charge is 0.459 e. The molecule has 1 aliphatic heterocycles. The molecule has 0 spiro atoms. The van der Waals surface area contributed by atoms with E-state index < -0.39 is 0 Å². The molecule has 1 saturated heterocycles. The number of furan rings is 1. The van der Waals surface area contributed by atoms with Crippen LogP contribution in [-0.4, -0.2) is 60.3 Å². The summed E-state index contributed by atoms with van der Waals surface area (Å²) in [5.74, 6) is 1.47. The maximum absolute atomic E-state index is 12.5. The van der Waals surface area contributed by atoms with Gasteiger partial charge in [0, 0.05) is 44.8 Å². The number of hydrogen-bond acceptors (Lipinski definition) is 4. The summed E-state index contributed by atoms with van der Waals surface area (Å²) in [6.45, 7) is 9.98. The number of amides is 2. The van der Waals surface area contributed by atoms with Crippen LogP contribution in [0.5, 0.6) is 0 Å². The van der Waals surface area contributed by atoms with Gasteiger partial charge >= 0.3 is 0 Å². The van der Waals surface area contributed by atoms with Gasteiger partial charge in [0.25, 0.3) is 5.91 Å². The third kappa shape index (κ3) is 8.06. The Bertz CT molecular complexity index is 922. The lowest BCUT2D eigenvalue weighted by molar-refractivity contribution is -0.116. The summed E-state index contributed by atoms with van der Waals surface area (Å²) in [6, 6.07) is 11.2. The molecule has 2 heterocycles. The Labute approximate surface area is 212 Å². The standard InChI is InChI=1S/C24H33N5O3.HI/c1-4-25-24(29-12-10-28(11-13-29)23(31)21-9-6-14-32-21)26-17-19-7-5-8-20(16-19)27-22(30)15-18(2)3;/h5-9,14,16,18H,4,10-13,15,17H2,1-3H3,(H,25,26)(H,27,30);1H. The number of benzene rings is 1. The third-order valence-corrected chi connectivity index (χ3v) is 5.15. The molecule has 0 unspecified atom stereocenters. The fraction of sp³-hybridized carbons (Fsp3) is 0.458. The van der Waals surface area contributed by atoms with Crippen LogP contribution in [0.2, 0.25) is 0 Å². The molecule has 2 aromatic rings. The molecule has 0 atom stereocenters. The van der Waals surface area contributed by atoms with Crippen LogP contribution in [0.15, 0.2) is 52.1 Å². The van der Waals surface area contributed by atoms with E-state index in [1.165, 1.54) is 6.26 Å². The highest BCUT2D eigenvalue weighted by Crippen LogP contribution is 2.14. The van der Waals surface area contributed by atoms with Crippen molar-refractivity contribution in [1.29, 1.82) is 0 Å². The van der Waals surface area contributed by atoms with E-state index in [0.29, 0.717) is 50.8 Å². The summed E-state index contributed by atoms with van der Waals surface area (Å²) >= 11 is 0. The van der Waals surface area contributed by atoms with Crippen molar-refractivity contribution in [2.45, 2.75) is 33.7 Å². The topological polar surface area (TPSA) is 90.2 Å². The number of guanidine groups is 1. The van der Waals surface area contributed by atoms with E-state index in [-0.39, 0.29) is 35.8 Å². The lowest BCUT2D eigenvalue weighted by Crippen LogP contribution is -2.53. The Balaban J connectivity index is 0.00000385. The van der Waals surface area contributed by atoms with E-state index >= 15 is 0 Å². The molecule has 1 aliphatic rings. The second-order valence-electron chi connectivity index (χ2n) is 8.27. The van der Waals surface area contributed by atoms with Gasteiger partial charge in [0.05, 0.1) is 12.8 Å². The highest BCUT2D eigenvalue weighted by atomic mass is 127. The maximum atomic E-state index is 12.5. The minimum absolute atomic E-state index is 0. The van der Waals surface area contributed by atoms with Crippen molar-refractivity contribution in [1.82, 2.24) is 15.1 Å². The number of nitrogens with one attached hydrogen (secondary N) is 2. The molecule has 0 aliphatic carbocycles. The van der Waals surface area contributed by atoms with Crippen molar-refractivity contribution >= 4 is 47.4 Å². The van der Waals surface area contributed by atoms with Gasteiger partial charge in [0.2, 0.25) is 5.91 Å². The molecular formula is C24H34IN5O3. The molecule has 2 N–H and O–H groups in total. The van der Waals surface area contributed by atoms with Crippen molar-refractivity contribution in [3.05, 3.63) is 54.0 Å². The van der Waals surface area contributed by atoms with Gasteiger partial charge in [-0.15, -0.1) is 24.0 Å². The quantitative estimate of drug-likeness (QED) is 0.302. The number of piperazine rings is 1. The number of aliphatic imine (C=N–C) groups is 1. The Morgan fingerprint density at radius 2 is 1.82 bits per heavy atom. The molecule has 0 saturated carbocycles. The van der Waals surface area contributed by atoms with Gasteiger partial charge in [0.1, 0.15) is 0 Å². The van der Waals surface area contributed by atoms with Gasteiger partial charge in [-0.3, -0.25) is 9.59 Å². The predicted molar refractivity (Wildman–Crippen MR) is 141 cm³/mol. The zero-order valence-electron chi connectivity index (χ0n) is 19.5. The van der Waals surface area contributed by atoms with Crippen molar-refractivity contribution in [3.63, 3.8) is 0 Å². The average Bonchev–Trinajstić information content (AvgIpc) is 3.31. The van der Waals surface area contributed by atoms with Gasteiger partial charge < -0.3 is 24.9 Å². The molecule has 9 heteroatoms. The number of carbonyl (C=O) groups excluding carboxylic acids is 2. The Kier molecular flexibility index (Phi) is 10.7. The number of halogens is 1. The molecule has 1 aromatic heterocycles. The predicted octanol–water partition coefficient (Wildman–Crippen LogP) is 3.81. The first kappa shape index (κ1) is 26.7. The second-order valence-corrected chi connectivity index (χ2v) is 8.27. The zero-order valence-corrected chi connectivity index (χ0v) is 21.9. The fourth-order valence-electron chi connectivity index (χ4n) is 3.60. The van der Waals surface area contributed by atoms with Crippen molar-refractivity contribution in [2.75, 3.05) is 38.0 Å². The van der Waals surface area contributed by atoms with Crippen LogP contribution in [0.3, 0.4) is 0 Å². The first-order valence-electron chi connectivity index (χ1n) is 11.2. The summed E-state index contributed by atoms with van der Waals surface area (Å²) in [6.07, 6.45) is 2.02. The first-order valence-corrected chi connectivity index (χ1v) is 11.2. The average molecular weight is 567 g/mol. The van der Waals surface area contributed by atoms with Crippen LogP contribution < -0.4 is 10.6 Å². The summed E-state index contributed by atoms with van der Waals surface area (Å²) < 4.78 is 5.23. The van der Waals surface area contributed by atoms with E-state index in [1.54, 1.807) is 12.1 Å². The summed E-state index contributed by atoms with van der Waals surface area (Å²) in [5, 5.41) is 6.31. The van der Waals surface area contributed by atoms with Crippen molar-refractivity contribution < 1.29 is 14.0 Å². The maximum Gasteiger partial charge on any atom is 0.289 e. The van der Waals surface area contributed by atoms with E-state index in [4.69, 9.17) is 9.41 Å². The summed E-state index contributed by atoms with van der Waals surface area (Å²) in [5.41, 5.74) is 1.81. The minimum atomic E-state index is -0.0760. The molecule has 8 nitrogen and oxygen atoms in total. The van der Waals surface area contributed by atoms with Crippen LogP contribution in [0.4, 0.5) is 5.69 Å². The van der Waals surface area contributed by atoms with Crippen molar-refractivity contribution in [3.8, 4) is 0 Å². The van der Waals surface area contributed by atoms with Crippen LogP contribution in [-0.2, 0) is 11.3 Å². The van der Waals surface area contributed by atoms with E-state index in [9.17, 15) is 9.59 Å². The summed E-state index contributed by atoms with van der Waals surface area (Å²) in [4.78, 5) is 33.3. The second kappa shape index (κ2) is 13.2. The van der Waals surface area contributed by atoms with Crippen LogP contribution in [0.1, 0.15) is 43.3 Å². The highest BCUT2D eigenvalue weighted by molar-refractivity contribution is 14.0.